The Morgan fingerprint density at radius 2 is 1.53 bits per heavy atom. The first-order valence-electron chi connectivity index (χ1n) is 11.2. The lowest BCUT2D eigenvalue weighted by atomic mass is 9.77. The van der Waals surface area contributed by atoms with Crippen molar-refractivity contribution in [2.24, 2.45) is 5.92 Å². The van der Waals surface area contributed by atoms with Crippen LogP contribution in [0.3, 0.4) is 0 Å². The van der Waals surface area contributed by atoms with Crippen LogP contribution in [0, 0.1) is 23.4 Å². The van der Waals surface area contributed by atoms with E-state index in [0.29, 0.717) is 23.6 Å². The minimum atomic E-state index is -4.89. The minimum absolute atomic E-state index is 0.0998. The molecule has 1 fully saturated rings. The van der Waals surface area contributed by atoms with Gasteiger partial charge in [-0.3, -0.25) is 0 Å². The molecule has 176 valence electrons. The summed E-state index contributed by atoms with van der Waals surface area (Å²) in [5.41, 5.74) is -1.24. The zero-order valence-corrected chi connectivity index (χ0v) is 18.1. The summed E-state index contributed by atoms with van der Waals surface area (Å²) in [6, 6.07) is 4.70. The van der Waals surface area contributed by atoms with Gasteiger partial charge in [-0.15, -0.1) is 0 Å². The number of unbranched alkanes of at least 4 members (excludes halogenated alkanes) is 2. The highest BCUT2D eigenvalue weighted by atomic mass is 19.4. The smallest absolute Gasteiger partial charge is 0.419 e. The van der Waals surface area contributed by atoms with Crippen LogP contribution in [-0.4, -0.2) is 0 Å². The Balaban J connectivity index is 1.63. The number of hydrogen-bond donors (Lipinski definition) is 0. The molecule has 1 nitrogen and oxygen atoms in total. The molecule has 0 aromatic heterocycles. The van der Waals surface area contributed by atoms with Crippen molar-refractivity contribution in [3.8, 4) is 5.75 Å². The molecule has 2 aromatic carbocycles. The van der Waals surface area contributed by atoms with Gasteiger partial charge in [0.2, 0.25) is 0 Å². The molecule has 0 bridgehead atoms. The fourth-order valence-corrected chi connectivity index (χ4v) is 4.43. The van der Waals surface area contributed by atoms with E-state index in [2.05, 4.69) is 6.92 Å². The summed E-state index contributed by atoms with van der Waals surface area (Å²) >= 11 is 0. The lowest BCUT2D eigenvalue weighted by molar-refractivity contribution is -0.140. The van der Waals surface area contributed by atoms with Gasteiger partial charge in [-0.25, -0.2) is 13.2 Å². The highest BCUT2D eigenvalue weighted by Crippen LogP contribution is 2.39. The molecule has 3 rings (SSSR count). The predicted octanol–water partition coefficient (Wildman–Crippen LogP) is 8.56. The molecular weight excluding hydrogens is 430 g/mol. The van der Waals surface area contributed by atoms with Crippen molar-refractivity contribution in [2.75, 3.05) is 0 Å². The zero-order chi connectivity index (χ0) is 23.3. The summed E-state index contributed by atoms with van der Waals surface area (Å²) in [5, 5.41) is 0. The molecule has 0 N–H and O–H groups in total. The van der Waals surface area contributed by atoms with Crippen LogP contribution in [0.5, 0.6) is 5.75 Å². The number of halogens is 6. The molecule has 0 atom stereocenters. The van der Waals surface area contributed by atoms with Crippen molar-refractivity contribution in [3.05, 3.63) is 64.5 Å². The summed E-state index contributed by atoms with van der Waals surface area (Å²) in [6.45, 7) is 1.58. The van der Waals surface area contributed by atoms with Crippen LogP contribution in [0.2, 0.25) is 0 Å². The van der Waals surface area contributed by atoms with Crippen LogP contribution in [-0.2, 0) is 12.8 Å². The highest BCUT2D eigenvalue weighted by molar-refractivity contribution is 5.33. The van der Waals surface area contributed by atoms with Crippen LogP contribution < -0.4 is 4.74 Å². The molecule has 0 radical (unpaired) electrons. The normalized spacial score (nSPS) is 19.2. The van der Waals surface area contributed by atoms with Gasteiger partial charge in [0.05, 0.1) is 11.1 Å². The van der Waals surface area contributed by atoms with E-state index < -0.39 is 35.8 Å². The van der Waals surface area contributed by atoms with E-state index >= 15 is 0 Å². The van der Waals surface area contributed by atoms with Gasteiger partial charge in [0, 0.05) is 0 Å². The van der Waals surface area contributed by atoms with E-state index in [-0.39, 0.29) is 17.2 Å². The van der Waals surface area contributed by atoms with Gasteiger partial charge in [0.15, 0.2) is 0 Å². The van der Waals surface area contributed by atoms with Crippen LogP contribution in [0.1, 0.15) is 80.9 Å². The molecule has 0 aliphatic heterocycles. The van der Waals surface area contributed by atoms with Crippen molar-refractivity contribution < 1.29 is 31.1 Å². The zero-order valence-electron chi connectivity index (χ0n) is 18.1. The van der Waals surface area contributed by atoms with Crippen LogP contribution in [0.25, 0.3) is 0 Å². The van der Waals surface area contributed by atoms with Gasteiger partial charge in [-0.05, 0) is 73.4 Å². The number of alkyl halides is 3. The quantitative estimate of drug-likeness (QED) is 0.284. The molecule has 0 heterocycles. The molecule has 0 unspecified atom stereocenters. The van der Waals surface area contributed by atoms with Gasteiger partial charge < -0.3 is 4.74 Å². The third-order valence-corrected chi connectivity index (χ3v) is 6.32. The molecule has 0 spiro atoms. The maximum atomic E-state index is 14.6. The number of rotatable bonds is 8. The first-order chi connectivity index (χ1) is 15.2. The van der Waals surface area contributed by atoms with Gasteiger partial charge in [-0.1, -0.05) is 32.6 Å². The van der Waals surface area contributed by atoms with E-state index in [1.807, 2.05) is 0 Å². The Morgan fingerprint density at radius 3 is 2.12 bits per heavy atom. The molecule has 0 amide bonds. The summed E-state index contributed by atoms with van der Waals surface area (Å²) in [4.78, 5) is 0. The Labute approximate surface area is 184 Å². The Kier molecular flexibility index (Phi) is 8.12. The van der Waals surface area contributed by atoms with Gasteiger partial charge in [0.25, 0.3) is 0 Å². The maximum Gasteiger partial charge on any atom is 0.419 e. The van der Waals surface area contributed by atoms with Gasteiger partial charge >= 0.3 is 6.18 Å². The molecule has 7 heteroatoms. The largest absolute Gasteiger partial charge is 0.489 e. The highest BCUT2D eigenvalue weighted by Gasteiger charge is 2.34. The third kappa shape index (κ3) is 6.20. The Morgan fingerprint density at radius 1 is 0.875 bits per heavy atom. The standard InChI is InChI=1S/C25H28F6O/c1-2-3-4-5-16-6-8-17(9-7-16)18-12-23(27)20(24(28)13-18)15-32-19-10-11-22(26)21(14-19)25(29,30)31/h10-14,16-17H,2-9,15H2,1H3. The van der Waals surface area contributed by atoms with E-state index in [1.165, 1.54) is 37.8 Å². The SMILES string of the molecule is CCCCCC1CCC(c2cc(F)c(COc3ccc(F)c(C(F)(F)F)c3)c(F)c2)CC1. The molecule has 1 aliphatic rings. The van der Waals surface area contributed by atoms with Crippen molar-refractivity contribution in [1.82, 2.24) is 0 Å². The van der Waals surface area contributed by atoms with Crippen LogP contribution in [0.4, 0.5) is 26.3 Å². The van der Waals surface area contributed by atoms with Gasteiger partial charge in [0.1, 0.15) is 29.8 Å². The van der Waals surface area contributed by atoms with Crippen LogP contribution in [0.15, 0.2) is 30.3 Å². The van der Waals surface area contributed by atoms with Gasteiger partial charge in [-0.2, -0.15) is 13.2 Å². The molecule has 0 saturated heterocycles. The topological polar surface area (TPSA) is 9.23 Å². The molecular formula is C25H28F6O. The lowest BCUT2D eigenvalue weighted by Crippen LogP contribution is -2.14. The second-order valence-corrected chi connectivity index (χ2v) is 8.60. The average Bonchev–Trinajstić information content (AvgIpc) is 2.74. The van der Waals surface area contributed by atoms with E-state index in [1.54, 1.807) is 0 Å². The molecule has 32 heavy (non-hydrogen) atoms. The maximum absolute atomic E-state index is 14.6. The van der Waals surface area contributed by atoms with Crippen molar-refractivity contribution in [2.45, 2.75) is 77.0 Å². The summed E-state index contributed by atoms with van der Waals surface area (Å²) in [6.07, 6.45) is 3.84. The predicted molar refractivity (Wildman–Crippen MR) is 111 cm³/mol. The lowest BCUT2D eigenvalue weighted by Gasteiger charge is -2.29. The number of benzene rings is 2. The molecule has 2 aromatic rings. The first kappa shape index (κ1) is 24.5. The first-order valence-corrected chi connectivity index (χ1v) is 11.2. The summed E-state index contributed by atoms with van der Waals surface area (Å²) in [5.74, 6) is -2.55. The second kappa shape index (κ2) is 10.6. The van der Waals surface area contributed by atoms with Crippen LogP contribution >= 0.6 is 0 Å². The molecule has 1 aliphatic carbocycles. The van der Waals surface area contributed by atoms with E-state index in [4.69, 9.17) is 4.74 Å². The Bertz CT molecular complexity index is 877. The fourth-order valence-electron chi connectivity index (χ4n) is 4.43. The number of hydrogen-bond acceptors (Lipinski definition) is 1. The summed E-state index contributed by atoms with van der Waals surface area (Å²) < 4.78 is 86.3. The van der Waals surface area contributed by atoms with E-state index in [0.717, 1.165) is 31.7 Å². The van der Waals surface area contributed by atoms with Crippen molar-refractivity contribution in [3.63, 3.8) is 0 Å². The van der Waals surface area contributed by atoms with E-state index in [9.17, 15) is 26.3 Å². The third-order valence-electron chi connectivity index (χ3n) is 6.32. The minimum Gasteiger partial charge on any atom is -0.489 e. The summed E-state index contributed by atoms with van der Waals surface area (Å²) in [7, 11) is 0. The fraction of sp³-hybridized carbons (Fsp3) is 0.520. The average molecular weight is 458 g/mol. The Hall–Kier alpha value is -2.18. The van der Waals surface area contributed by atoms with Crippen molar-refractivity contribution in [1.29, 1.82) is 0 Å². The van der Waals surface area contributed by atoms with Crippen molar-refractivity contribution >= 4 is 0 Å². The second-order valence-electron chi connectivity index (χ2n) is 8.60. The molecule has 1 saturated carbocycles. The number of ether oxygens (including phenoxy) is 1. The monoisotopic (exact) mass is 458 g/mol.